The summed E-state index contributed by atoms with van der Waals surface area (Å²) in [6.45, 7) is 1.37. The van der Waals surface area contributed by atoms with Gasteiger partial charge in [0.1, 0.15) is 11.9 Å². The fourth-order valence-corrected chi connectivity index (χ4v) is 2.94. The Morgan fingerprint density at radius 3 is 3.05 bits per heavy atom. The number of carbonyl (C=O) groups is 1. The third-order valence-corrected chi connectivity index (χ3v) is 4.23. The van der Waals surface area contributed by atoms with Crippen molar-refractivity contribution in [1.29, 1.82) is 0 Å². The van der Waals surface area contributed by atoms with Gasteiger partial charge in [-0.2, -0.15) is 0 Å². The highest BCUT2D eigenvalue weighted by atomic mass is 16.5. The summed E-state index contributed by atoms with van der Waals surface area (Å²) >= 11 is 0. The van der Waals surface area contributed by atoms with Crippen molar-refractivity contribution in [2.24, 2.45) is 7.05 Å². The maximum atomic E-state index is 12.0. The number of nitrogens with one attached hydrogen (secondary N) is 1. The molecule has 1 N–H and O–H groups in total. The fraction of sp³-hybridized carbons (Fsp3) is 0.529. The molecule has 1 saturated heterocycles. The molecular weight excluding hydrogens is 278 g/mol. The molecule has 22 heavy (non-hydrogen) atoms. The van der Waals surface area contributed by atoms with Crippen LogP contribution in [0.25, 0.3) is 11.0 Å². The summed E-state index contributed by atoms with van der Waals surface area (Å²) in [5, 5.41) is 2.97. The first-order valence-electron chi connectivity index (χ1n) is 8.05. The largest absolute Gasteiger partial charge is 0.368 e. The van der Waals surface area contributed by atoms with Gasteiger partial charge in [-0.15, -0.1) is 0 Å². The van der Waals surface area contributed by atoms with Gasteiger partial charge in [0.2, 0.25) is 5.91 Å². The van der Waals surface area contributed by atoms with Crippen LogP contribution < -0.4 is 5.32 Å². The molecule has 2 heterocycles. The second-order valence-electron chi connectivity index (χ2n) is 5.83. The van der Waals surface area contributed by atoms with Crippen LogP contribution in [0.4, 0.5) is 0 Å². The van der Waals surface area contributed by atoms with Crippen molar-refractivity contribution >= 4 is 16.9 Å². The molecule has 0 bridgehead atoms. The van der Waals surface area contributed by atoms with Crippen LogP contribution in [-0.4, -0.2) is 34.7 Å². The van der Waals surface area contributed by atoms with Crippen LogP contribution in [0.2, 0.25) is 0 Å². The summed E-state index contributed by atoms with van der Waals surface area (Å²) in [7, 11) is 2.04. The Morgan fingerprint density at radius 1 is 1.41 bits per heavy atom. The Morgan fingerprint density at radius 2 is 2.27 bits per heavy atom. The molecule has 1 aliphatic rings. The lowest BCUT2D eigenvalue weighted by Crippen LogP contribution is -2.38. The molecule has 1 fully saturated rings. The number of rotatable bonds is 5. The number of hydrogen-bond donors (Lipinski definition) is 1. The highest BCUT2D eigenvalue weighted by Gasteiger charge is 2.21. The number of ether oxygens (including phenoxy) is 1. The van der Waals surface area contributed by atoms with Gasteiger partial charge >= 0.3 is 0 Å². The zero-order valence-corrected chi connectivity index (χ0v) is 13.0. The van der Waals surface area contributed by atoms with Gasteiger partial charge in [-0.05, 0) is 37.8 Å². The number of amides is 1. The highest BCUT2D eigenvalue weighted by molar-refractivity contribution is 5.80. The molecule has 1 atom stereocenters. The lowest BCUT2D eigenvalue weighted by molar-refractivity contribution is -0.135. The van der Waals surface area contributed by atoms with Crippen LogP contribution in [0.1, 0.15) is 31.5 Å². The van der Waals surface area contributed by atoms with E-state index in [2.05, 4.69) is 20.9 Å². The molecule has 118 valence electrons. The molecule has 1 aromatic heterocycles. The lowest BCUT2D eigenvalue weighted by Gasteiger charge is -2.21. The fourth-order valence-electron chi connectivity index (χ4n) is 2.94. The molecule has 3 rings (SSSR count). The molecule has 1 aliphatic heterocycles. The van der Waals surface area contributed by atoms with Gasteiger partial charge in [0.15, 0.2) is 0 Å². The topological polar surface area (TPSA) is 56.2 Å². The van der Waals surface area contributed by atoms with Crippen LogP contribution in [0, 0.1) is 0 Å². The second kappa shape index (κ2) is 6.92. The first kappa shape index (κ1) is 15.0. The minimum absolute atomic E-state index is 0.0321. The lowest BCUT2D eigenvalue weighted by atomic mass is 10.1. The van der Waals surface area contributed by atoms with E-state index in [1.54, 1.807) is 0 Å². The van der Waals surface area contributed by atoms with Crippen LogP contribution in [0.15, 0.2) is 24.3 Å². The molecule has 0 unspecified atom stereocenters. The van der Waals surface area contributed by atoms with Gasteiger partial charge < -0.3 is 14.6 Å². The maximum absolute atomic E-state index is 12.0. The Bertz CT molecular complexity index is 644. The first-order valence-corrected chi connectivity index (χ1v) is 8.05. The SMILES string of the molecule is Cn1c(CCCNC(=O)[C@@H]2CCCCO2)nc2ccccc21. The van der Waals surface area contributed by atoms with Crippen molar-refractivity contribution in [3.05, 3.63) is 30.1 Å². The van der Waals surface area contributed by atoms with E-state index in [0.29, 0.717) is 13.2 Å². The number of nitrogens with zero attached hydrogens (tertiary/aromatic N) is 2. The number of imidazole rings is 1. The third kappa shape index (κ3) is 3.30. The quantitative estimate of drug-likeness (QED) is 0.861. The van der Waals surface area contributed by atoms with Crippen LogP contribution >= 0.6 is 0 Å². The average molecular weight is 301 g/mol. The van der Waals surface area contributed by atoms with Crippen molar-refractivity contribution in [2.75, 3.05) is 13.2 Å². The van der Waals surface area contributed by atoms with Crippen molar-refractivity contribution in [3.8, 4) is 0 Å². The van der Waals surface area contributed by atoms with Crippen molar-refractivity contribution in [2.45, 2.75) is 38.2 Å². The Balaban J connectivity index is 1.48. The Labute approximate surface area is 130 Å². The summed E-state index contributed by atoms with van der Waals surface area (Å²) in [6, 6.07) is 8.14. The number of benzene rings is 1. The van der Waals surface area contributed by atoms with Crippen molar-refractivity contribution in [3.63, 3.8) is 0 Å². The van der Waals surface area contributed by atoms with Crippen LogP contribution in [0.5, 0.6) is 0 Å². The minimum atomic E-state index is -0.246. The monoisotopic (exact) mass is 301 g/mol. The highest BCUT2D eigenvalue weighted by Crippen LogP contribution is 2.15. The molecule has 1 amide bonds. The van der Waals surface area contributed by atoms with Gasteiger partial charge in [0.25, 0.3) is 0 Å². The number of hydrogen-bond acceptors (Lipinski definition) is 3. The van der Waals surface area contributed by atoms with Gasteiger partial charge in [-0.1, -0.05) is 12.1 Å². The zero-order valence-electron chi connectivity index (χ0n) is 13.0. The van der Waals surface area contributed by atoms with Gasteiger partial charge in [-0.25, -0.2) is 4.98 Å². The van der Waals surface area contributed by atoms with Crippen LogP contribution in [-0.2, 0) is 23.0 Å². The summed E-state index contributed by atoms with van der Waals surface area (Å²) < 4.78 is 7.61. The molecule has 0 spiro atoms. The normalized spacial score (nSPS) is 18.5. The molecule has 5 heteroatoms. The van der Waals surface area contributed by atoms with Crippen molar-refractivity contribution in [1.82, 2.24) is 14.9 Å². The number of carbonyl (C=O) groups excluding carboxylic acids is 1. The summed E-state index contributed by atoms with van der Waals surface area (Å²) in [6.07, 6.45) is 4.49. The molecule has 1 aromatic carbocycles. The van der Waals surface area contributed by atoms with Gasteiger partial charge in [0, 0.05) is 26.6 Å². The Hall–Kier alpha value is -1.88. The second-order valence-corrected chi connectivity index (χ2v) is 5.83. The summed E-state index contributed by atoms with van der Waals surface area (Å²) in [5.74, 6) is 1.09. The molecule has 5 nitrogen and oxygen atoms in total. The Kier molecular flexibility index (Phi) is 4.73. The predicted octanol–water partition coefficient (Wildman–Crippen LogP) is 2.19. The zero-order chi connectivity index (χ0) is 15.4. The number of aromatic nitrogens is 2. The third-order valence-electron chi connectivity index (χ3n) is 4.23. The summed E-state index contributed by atoms with van der Waals surface area (Å²) in [5.41, 5.74) is 2.18. The van der Waals surface area contributed by atoms with E-state index in [1.807, 2.05) is 25.2 Å². The van der Waals surface area contributed by atoms with E-state index in [0.717, 1.165) is 49.0 Å². The molecule has 0 aliphatic carbocycles. The van der Waals surface area contributed by atoms with Gasteiger partial charge in [-0.3, -0.25) is 4.79 Å². The van der Waals surface area contributed by atoms with E-state index in [-0.39, 0.29) is 12.0 Å². The average Bonchev–Trinajstić information content (AvgIpc) is 2.89. The standard InChI is InChI=1S/C17H23N3O2/c1-20-14-8-3-2-7-13(14)19-16(20)10-6-11-18-17(21)15-9-4-5-12-22-15/h2-3,7-8,15H,4-6,9-12H2,1H3,(H,18,21)/t15-/m0/s1. The minimum Gasteiger partial charge on any atom is -0.368 e. The smallest absolute Gasteiger partial charge is 0.249 e. The van der Waals surface area contributed by atoms with Gasteiger partial charge in [0.05, 0.1) is 11.0 Å². The molecule has 0 radical (unpaired) electrons. The molecule has 0 saturated carbocycles. The number of aryl methyl sites for hydroxylation is 2. The first-order chi connectivity index (χ1) is 10.8. The molecule has 2 aromatic rings. The summed E-state index contributed by atoms with van der Waals surface area (Å²) in [4.78, 5) is 16.6. The predicted molar refractivity (Wildman–Crippen MR) is 85.6 cm³/mol. The van der Waals surface area contributed by atoms with E-state index in [4.69, 9.17) is 4.74 Å². The van der Waals surface area contributed by atoms with E-state index < -0.39 is 0 Å². The number of fused-ring (bicyclic) bond motifs is 1. The number of para-hydroxylation sites is 2. The van der Waals surface area contributed by atoms with Crippen LogP contribution in [0.3, 0.4) is 0 Å². The van der Waals surface area contributed by atoms with E-state index >= 15 is 0 Å². The molecular formula is C17H23N3O2. The maximum Gasteiger partial charge on any atom is 0.249 e. The van der Waals surface area contributed by atoms with E-state index in [9.17, 15) is 4.79 Å². The van der Waals surface area contributed by atoms with E-state index in [1.165, 1.54) is 0 Å². The van der Waals surface area contributed by atoms with Crippen molar-refractivity contribution < 1.29 is 9.53 Å².